The lowest BCUT2D eigenvalue weighted by Crippen LogP contribution is -2.31. The Hall–Kier alpha value is -0.900. The minimum Gasteiger partial charge on any atom is -0.350 e. The Bertz CT molecular complexity index is 443. The predicted molar refractivity (Wildman–Crippen MR) is 73.2 cm³/mol. The number of carbonyl (C=O) groups is 1. The van der Waals surface area contributed by atoms with E-state index in [9.17, 15) is 4.79 Å². The minimum atomic E-state index is -0.0613. The van der Waals surface area contributed by atoms with Crippen LogP contribution in [0.4, 0.5) is 0 Å². The van der Waals surface area contributed by atoms with Crippen LogP contribution in [0.1, 0.15) is 36.2 Å². The number of hydrogen-bond donors (Lipinski definition) is 1. The maximum absolute atomic E-state index is 12.1. The lowest BCUT2D eigenvalue weighted by molar-refractivity contribution is 0.0937. The highest BCUT2D eigenvalue weighted by atomic mass is 79.9. The Morgan fingerprint density at radius 3 is 2.61 bits per heavy atom. The van der Waals surface area contributed by atoms with Gasteiger partial charge in [-0.15, -0.1) is 0 Å². The molecule has 3 rings (SSSR count). The number of carbonyl (C=O) groups excluding carboxylic acids is 1. The summed E-state index contributed by atoms with van der Waals surface area (Å²) in [6, 6.07) is 3.67. The lowest BCUT2D eigenvalue weighted by atomic mass is 9.98. The molecule has 0 aliphatic heterocycles. The quantitative estimate of drug-likeness (QED) is 0.908. The summed E-state index contributed by atoms with van der Waals surface area (Å²) >= 11 is 3.36. The summed E-state index contributed by atoms with van der Waals surface area (Å²) < 4.78 is 0.761. The van der Waals surface area contributed by atoms with E-state index in [-0.39, 0.29) is 5.91 Å². The molecule has 1 aromatic heterocycles. The third-order valence-electron chi connectivity index (χ3n) is 3.93. The van der Waals surface area contributed by atoms with E-state index in [1.807, 2.05) is 12.1 Å². The van der Waals surface area contributed by atoms with Crippen LogP contribution in [-0.4, -0.2) is 17.4 Å². The molecule has 0 spiro atoms. The normalized spacial score (nSPS) is 19.0. The highest BCUT2D eigenvalue weighted by Crippen LogP contribution is 2.48. The number of rotatable bonds is 5. The van der Waals surface area contributed by atoms with Crippen molar-refractivity contribution in [1.82, 2.24) is 10.3 Å². The van der Waals surface area contributed by atoms with Crippen LogP contribution in [0.5, 0.6) is 0 Å². The number of nitrogens with one attached hydrogen (secondary N) is 1. The molecule has 0 unspecified atom stereocenters. The summed E-state index contributed by atoms with van der Waals surface area (Å²) in [5, 5.41) is 3.05. The van der Waals surface area contributed by atoms with Gasteiger partial charge in [0.25, 0.3) is 5.91 Å². The van der Waals surface area contributed by atoms with E-state index in [1.54, 1.807) is 6.20 Å². The van der Waals surface area contributed by atoms with E-state index in [0.717, 1.165) is 22.9 Å². The van der Waals surface area contributed by atoms with Gasteiger partial charge < -0.3 is 5.32 Å². The first kappa shape index (κ1) is 12.2. The van der Waals surface area contributed by atoms with Gasteiger partial charge in [-0.1, -0.05) is 0 Å². The topological polar surface area (TPSA) is 42.0 Å². The molecule has 0 aromatic carbocycles. The van der Waals surface area contributed by atoms with Crippen molar-refractivity contribution >= 4 is 21.8 Å². The highest BCUT2D eigenvalue weighted by molar-refractivity contribution is 9.10. The first-order valence-corrected chi connectivity index (χ1v) is 7.43. The molecule has 2 aliphatic rings. The van der Waals surface area contributed by atoms with Crippen molar-refractivity contribution < 1.29 is 4.79 Å². The largest absolute Gasteiger partial charge is 0.350 e. The van der Waals surface area contributed by atoms with Crippen LogP contribution in [0.3, 0.4) is 0 Å². The van der Waals surface area contributed by atoms with Gasteiger partial charge in [0.05, 0.1) is 0 Å². The van der Waals surface area contributed by atoms with Gasteiger partial charge in [0.1, 0.15) is 5.69 Å². The summed E-state index contributed by atoms with van der Waals surface area (Å²) in [4.78, 5) is 16.2. The molecule has 0 bridgehead atoms. The smallest absolute Gasteiger partial charge is 0.271 e. The van der Waals surface area contributed by atoms with Crippen LogP contribution in [0.25, 0.3) is 0 Å². The summed E-state index contributed by atoms with van der Waals surface area (Å²) in [6.45, 7) is 0.817. The third kappa shape index (κ3) is 2.74. The van der Waals surface area contributed by atoms with Crippen molar-refractivity contribution in [3.63, 3.8) is 0 Å². The fourth-order valence-electron chi connectivity index (χ4n) is 2.61. The molecule has 1 N–H and O–H groups in total. The molecule has 2 fully saturated rings. The second-order valence-corrected chi connectivity index (χ2v) is 6.24. The van der Waals surface area contributed by atoms with Crippen LogP contribution >= 0.6 is 15.9 Å². The minimum absolute atomic E-state index is 0.0613. The fraction of sp³-hybridized carbons (Fsp3) is 0.571. The van der Waals surface area contributed by atoms with Crippen molar-refractivity contribution in [3.8, 4) is 0 Å². The SMILES string of the molecule is O=C(NCC(C1CC1)C1CC1)c1ncccc1Br. The van der Waals surface area contributed by atoms with Crippen LogP contribution in [0.15, 0.2) is 22.8 Å². The van der Waals surface area contributed by atoms with E-state index in [2.05, 4.69) is 26.2 Å². The van der Waals surface area contributed by atoms with E-state index in [4.69, 9.17) is 0 Å². The molecule has 18 heavy (non-hydrogen) atoms. The van der Waals surface area contributed by atoms with Crippen LogP contribution in [0, 0.1) is 17.8 Å². The number of pyridine rings is 1. The molecule has 0 atom stereocenters. The molecule has 3 nitrogen and oxygen atoms in total. The van der Waals surface area contributed by atoms with Crippen LogP contribution < -0.4 is 5.32 Å². The highest BCUT2D eigenvalue weighted by Gasteiger charge is 2.41. The maximum Gasteiger partial charge on any atom is 0.271 e. The first-order chi connectivity index (χ1) is 8.75. The molecule has 0 saturated heterocycles. The predicted octanol–water partition coefficient (Wildman–Crippen LogP) is 3.01. The average molecular weight is 309 g/mol. The van der Waals surface area contributed by atoms with Crippen LogP contribution in [-0.2, 0) is 0 Å². The number of amides is 1. The molecule has 0 radical (unpaired) electrons. The van der Waals surface area contributed by atoms with E-state index in [1.165, 1.54) is 25.7 Å². The number of hydrogen-bond acceptors (Lipinski definition) is 2. The van der Waals surface area contributed by atoms with Crippen molar-refractivity contribution in [2.75, 3.05) is 6.54 Å². The molecular formula is C14H17BrN2O. The summed E-state index contributed by atoms with van der Waals surface area (Å²) in [5.41, 5.74) is 0.489. The van der Waals surface area contributed by atoms with Gasteiger partial charge in [-0.05, 0) is 71.5 Å². The zero-order valence-electron chi connectivity index (χ0n) is 10.2. The van der Waals surface area contributed by atoms with Gasteiger partial charge >= 0.3 is 0 Å². The Balaban J connectivity index is 1.59. The average Bonchev–Trinajstić information content (AvgIpc) is 3.24. The second-order valence-electron chi connectivity index (χ2n) is 5.38. The number of nitrogens with zero attached hydrogens (tertiary/aromatic N) is 1. The fourth-order valence-corrected chi connectivity index (χ4v) is 3.05. The van der Waals surface area contributed by atoms with Gasteiger partial charge in [0.2, 0.25) is 0 Å². The Kier molecular flexibility index (Phi) is 3.37. The van der Waals surface area contributed by atoms with Gasteiger partial charge in [-0.25, -0.2) is 4.98 Å². The summed E-state index contributed by atoms with van der Waals surface area (Å²) in [5.74, 6) is 2.38. The van der Waals surface area contributed by atoms with Gasteiger partial charge in [-0.2, -0.15) is 0 Å². The number of aromatic nitrogens is 1. The third-order valence-corrected chi connectivity index (χ3v) is 4.57. The Labute approximate surface area is 116 Å². The second kappa shape index (κ2) is 5.00. The summed E-state index contributed by atoms with van der Waals surface area (Å²) in [6.07, 6.45) is 7.06. The molecule has 1 heterocycles. The molecule has 4 heteroatoms. The maximum atomic E-state index is 12.1. The Morgan fingerprint density at radius 2 is 2.06 bits per heavy atom. The van der Waals surface area contributed by atoms with E-state index in [0.29, 0.717) is 11.6 Å². The van der Waals surface area contributed by atoms with E-state index < -0.39 is 0 Å². The monoisotopic (exact) mass is 308 g/mol. The van der Waals surface area contributed by atoms with Crippen molar-refractivity contribution in [3.05, 3.63) is 28.5 Å². The Morgan fingerprint density at radius 1 is 1.39 bits per heavy atom. The van der Waals surface area contributed by atoms with Crippen LogP contribution in [0.2, 0.25) is 0 Å². The molecule has 2 saturated carbocycles. The van der Waals surface area contributed by atoms with Crippen molar-refractivity contribution in [1.29, 1.82) is 0 Å². The molecule has 2 aliphatic carbocycles. The standard InChI is InChI=1S/C14H17BrN2O/c15-12-2-1-7-16-13(12)14(18)17-8-11(9-3-4-9)10-5-6-10/h1-2,7,9-11H,3-6,8H2,(H,17,18). The molecular weight excluding hydrogens is 292 g/mol. The van der Waals surface area contributed by atoms with Gasteiger partial charge in [-0.3, -0.25) is 4.79 Å². The first-order valence-electron chi connectivity index (χ1n) is 6.64. The van der Waals surface area contributed by atoms with Crippen molar-refractivity contribution in [2.24, 2.45) is 17.8 Å². The van der Waals surface area contributed by atoms with Crippen molar-refractivity contribution in [2.45, 2.75) is 25.7 Å². The van der Waals surface area contributed by atoms with Gasteiger partial charge in [0, 0.05) is 17.2 Å². The lowest BCUT2D eigenvalue weighted by Gasteiger charge is -2.16. The van der Waals surface area contributed by atoms with Gasteiger partial charge in [0.15, 0.2) is 0 Å². The number of halogens is 1. The zero-order valence-corrected chi connectivity index (χ0v) is 11.8. The molecule has 1 amide bonds. The molecule has 96 valence electrons. The van der Waals surface area contributed by atoms with E-state index >= 15 is 0 Å². The summed E-state index contributed by atoms with van der Waals surface area (Å²) in [7, 11) is 0. The zero-order chi connectivity index (χ0) is 12.5. The molecule has 1 aromatic rings.